The Bertz CT molecular complexity index is 629. The monoisotopic (exact) mass is 354 g/mol. The smallest absolute Gasteiger partial charge is 0.317 e. The van der Waals surface area contributed by atoms with Gasteiger partial charge < -0.3 is 15.1 Å². The minimum atomic E-state index is -0.458. The standard InChI is InChI=1S/C21H30N4O/c1-2-12-24-13-6-9-19(16-24)23-20(26)25-14-10-21(17-22,11-15-25)18-7-4-3-5-8-18/h3-5,7-8,19H,2,6,9-16H2,1H3,(H,23,26)/t19-/m1/s1. The first-order valence-corrected chi connectivity index (χ1v) is 9.91. The van der Waals surface area contributed by atoms with Crippen LogP contribution < -0.4 is 5.32 Å². The van der Waals surface area contributed by atoms with E-state index in [0.717, 1.165) is 44.5 Å². The number of urea groups is 1. The van der Waals surface area contributed by atoms with E-state index in [2.05, 4.69) is 23.2 Å². The fourth-order valence-corrected chi connectivity index (χ4v) is 4.27. The fourth-order valence-electron chi connectivity index (χ4n) is 4.27. The molecule has 2 saturated heterocycles. The van der Waals surface area contributed by atoms with Crippen LogP contribution in [0.1, 0.15) is 44.6 Å². The van der Waals surface area contributed by atoms with Crippen LogP contribution in [0.25, 0.3) is 0 Å². The predicted octanol–water partition coefficient (Wildman–Crippen LogP) is 3.13. The Morgan fingerprint density at radius 3 is 2.65 bits per heavy atom. The van der Waals surface area contributed by atoms with Crippen LogP contribution in [0.4, 0.5) is 4.79 Å². The Kier molecular flexibility index (Phi) is 6.16. The Balaban J connectivity index is 1.54. The lowest BCUT2D eigenvalue weighted by Crippen LogP contribution is -2.54. The highest BCUT2D eigenvalue weighted by molar-refractivity contribution is 5.74. The Morgan fingerprint density at radius 2 is 2.00 bits per heavy atom. The predicted molar refractivity (Wildman–Crippen MR) is 103 cm³/mol. The molecule has 2 aliphatic heterocycles. The molecule has 0 radical (unpaired) electrons. The second kappa shape index (κ2) is 8.55. The summed E-state index contributed by atoms with van der Waals surface area (Å²) in [4.78, 5) is 17.0. The quantitative estimate of drug-likeness (QED) is 0.904. The maximum Gasteiger partial charge on any atom is 0.317 e. The summed E-state index contributed by atoms with van der Waals surface area (Å²) in [6, 6.07) is 12.8. The number of carbonyl (C=O) groups is 1. The average molecular weight is 354 g/mol. The summed E-state index contributed by atoms with van der Waals surface area (Å²) in [7, 11) is 0. The lowest BCUT2D eigenvalue weighted by molar-refractivity contribution is 0.152. The van der Waals surface area contributed by atoms with Crippen molar-refractivity contribution in [1.29, 1.82) is 5.26 Å². The molecule has 5 heteroatoms. The molecule has 2 aliphatic rings. The molecule has 2 fully saturated rings. The molecule has 0 bridgehead atoms. The van der Waals surface area contributed by atoms with E-state index in [1.165, 1.54) is 0 Å². The lowest BCUT2D eigenvalue weighted by atomic mass is 9.74. The Hall–Kier alpha value is -2.06. The molecule has 1 atom stereocenters. The molecule has 1 aromatic rings. The van der Waals surface area contributed by atoms with Crippen molar-refractivity contribution in [2.45, 2.75) is 50.5 Å². The number of piperidine rings is 2. The molecular formula is C21H30N4O. The maximum absolute atomic E-state index is 12.7. The number of nitriles is 1. The SMILES string of the molecule is CCCN1CCC[C@@H](NC(=O)N2CCC(C#N)(c3ccccc3)CC2)C1. The number of amides is 2. The normalized spacial score (nSPS) is 23.2. The largest absolute Gasteiger partial charge is 0.334 e. The molecule has 1 aromatic carbocycles. The summed E-state index contributed by atoms with van der Waals surface area (Å²) >= 11 is 0. The van der Waals surface area contributed by atoms with Gasteiger partial charge in [0.2, 0.25) is 0 Å². The van der Waals surface area contributed by atoms with E-state index in [4.69, 9.17) is 0 Å². The summed E-state index contributed by atoms with van der Waals surface area (Å²) in [5, 5.41) is 13.0. The van der Waals surface area contributed by atoms with Gasteiger partial charge in [-0.2, -0.15) is 5.26 Å². The van der Waals surface area contributed by atoms with E-state index in [-0.39, 0.29) is 12.1 Å². The van der Waals surface area contributed by atoms with Crippen molar-refractivity contribution in [3.8, 4) is 6.07 Å². The van der Waals surface area contributed by atoms with E-state index in [0.29, 0.717) is 25.9 Å². The summed E-state index contributed by atoms with van der Waals surface area (Å²) in [5.41, 5.74) is 0.617. The van der Waals surface area contributed by atoms with Gasteiger partial charge in [0.1, 0.15) is 0 Å². The van der Waals surface area contributed by atoms with Crippen molar-refractivity contribution in [2.75, 3.05) is 32.7 Å². The lowest BCUT2D eigenvalue weighted by Gasteiger charge is -2.39. The Morgan fingerprint density at radius 1 is 1.27 bits per heavy atom. The van der Waals surface area contributed by atoms with Gasteiger partial charge in [0.05, 0.1) is 11.5 Å². The third kappa shape index (κ3) is 4.19. The molecule has 5 nitrogen and oxygen atoms in total. The van der Waals surface area contributed by atoms with E-state index in [1.807, 2.05) is 35.2 Å². The summed E-state index contributed by atoms with van der Waals surface area (Å²) < 4.78 is 0. The van der Waals surface area contributed by atoms with Gasteiger partial charge in [-0.1, -0.05) is 37.3 Å². The van der Waals surface area contributed by atoms with Crippen LogP contribution in [0.3, 0.4) is 0 Å². The van der Waals surface area contributed by atoms with Gasteiger partial charge >= 0.3 is 6.03 Å². The zero-order valence-electron chi connectivity index (χ0n) is 15.8. The van der Waals surface area contributed by atoms with Gasteiger partial charge in [0.15, 0.2) is 0 Å². The van der Waals surface area contributed by atoms with E-state index < -0.39 is 5.41 Å². The van der Waals surface area contributed by atoms with Crippen molar-refractivity contribution < 1.29 is 4.79 Å². The van der Waals surface area contributed by atoms with Crippen molar-refractivity contribution in [3.63, 3.8) is 0 Å². The number of rotatable bonds is 4. The van der Waals surface area contributed by atoms with Crippen molar-refractivity contribution in [3.05, 3.63) is 35.9 Å². The van der Waals surface area contributed by atoms with Gasteiger partial charge in [-0.05, 0) is 50.8 Å². The third-order valence-corrected chi connectivity index (χ3v) is 5.82. The van der Waals surface area contributed by atoms with E-state index >= 15 is 0 Å². The summed E-state index contributed by atoms with van der Waals surface area (Å²) in [6.45, 7) is 6.69. The molecule has 26 heavy (non-hydrogen) atoms. The number of hydrogen-bond acceptors (Lipinski definition) is 3. The van der Waals surface area contributed by atoms with Gasteiger partial charge in [-0.15, -0.1) is 0 Å². The molecule has 0 saturated carbocycles. The molecule has 1 N–H and O–H groups in total. The first-order valence-electron chi connectivity index (χ1n) is 9.91. The maximum atomic E-state index is 12.7. The average Bonchev–Trinajstić information content (AvgIpc) is 2.69. The summed E-state index contributed by atoms with van der Waals surface area (Å²) in [5.74, 6) is 0. The van der Waals surface area contributed by atoms with Crippen LogP contribution >= 0.6 is 0 Å². The minimum absolute atomic E-state index is 0.0351. The van der Waals surface area contributed by atoms with Crippen LogP contribution in [0.15, 0.2) is 30.3 Å². The van der Waals surface area contributed by atoms with Crippen LogP contribution in [0.5, 0.6) is 0 Å². The highest BCUT2D eigenvalue weighted by Gasteiger charge is 2.38. The van der Waals surface area contributed by atoms with Gasteiger partial charge in [0, 0.05) is 25.7 Å². The number of hydrogen-bond donors (Lipinski definition) is 1. The Labute approximate surface area is 157 Å². The van der Waals surface area contributed by atoms with Gasteiger partial charge in [0.25, 0.3) is 0 Å². The molecule has 2 amide bonds. The topological polar surface area (TPSA) is 59.4 Å². The molecule has 0 aliphatic carbocycles. The molecule has 140 valence electrons. The first kappa shape index (κ1) is 18.7. The second-order valence-corrected chi connectivity index (χ2v) is 7.64. The molecule has 0 unspecified atom stereocenters. The fraction of sp³-hybridized carbons (Fsp3) is 0.619. The summed E-state index contributed by atoms with van der Waals surface area (Å²) in [6.07, 6.45) is 4.77. The van der Waals surface area contributed by atoms with Crippen LogP contribution in [0.2, 0.25) is 0 Å². The highest BCUT2D eigenvalue weighted by atomic mass is 16.2. The van der Waals surface area contributed by atoms with Crippen molar-refractivity contribution in [2.24, 2.45) is 0 Å². The van der Waals surface area contributed by atoms with Crippen LogP contribution in [0, 0.1) is 11.3 Å². The van der Waals surface area contributed by atoms with Crippen molar-refractivity contribution >= 4 is 6.03 Å². The number of benzene rings is 1. The van der Waals surface area contributed by atoms with E-state index in [9.17, 15) is 10.1 Å². The number of nitrogens with zero attached hydrogens (tertiary/aromatic N) is 3. The molecular weight excluding hydrogens is 324 g/mol. The number of likely N-dealkylation sites (tertiary alicyclic amines) is 2. The molecule has 0 aromatic heterocycles. The second-order valence-electron chi connectivity index (χ2n) is 7.64. The van der Waals surface area contributed by atoms with Crippen LogP contribution in [-0.4, -0.2) is 54.6 Å². The third-order valence-electron chi connectivity index (χ3n) is 5.82. The highest BCUT2D eigenvalue weighted by Crippen LogP contribution is 2.34. The molecule has 2 heterocycles. The first-order chi connectivity index (χ1) is 12.7. The van der Waals surface area contributed by atoms with Gasteiger partial charge in [-0.3, -0.25) is 0 Å². The number of nitrogens with one attached hydrogen (secondary N) is 1. The van der Waals surface area contributed by atoms with Crippen LogP contribution in [-0.2, 0) is 5.41 Å². The molecule has 0 spiro atoms. The van der Waals surface area contributed by atoms with Crippen molar-refractivity contribution in [1.82, 2.24) is 15.1 Å². The zero-order chi connectivity index (χ0) is 18.4. The molecule has 3 rings (SSSR count). The van der Waals surface area contributed by atoms with E-state index in [1.54, 1.807) is 0 Å². The zero-order valence-corrected chi connectivity index (χ0v) is 15.8. The van der Waals surface area contributed by atoms with Gasteiger partial charge in [-0.25, -0.2) is 4.79 Å². The number of carbonyl (C=O) groups excluding carboxylic acids is 1. The minimum Gasteiger partial charge on any atom is -0.334 e.